The van der Waals surface area contributed by atoms with E-state index in [2.05, 4.69) is 20.4 Å². The molecule has 2 saturated heterocycles. The molecular weight excluding hydrogens is 327 g/mol. The van der Waals surface area contributed by atoms with E-state index >= 15 is 0 Å². The third-order valence-corrected chi connectivity index (χ3v) is 3.46. The number of rotatable bonds is 0. The Kier molecular flexibility index (Phi) is 12.0. The van der Waals surface area contributed by atoms with Crippen LogP contribution in [0.2, 0.25) is 0 Å². The molecule has 2 fully saturated rings. The average Bonchev–Trinajstić information content (AvgIpc) is 2.43. The molecule has 2 unspecified atom stereocenters. The predicted molar refractivity (Wildman–Crippen MR) is 80.0 cm³/mol. The van der Waals surface area contributed by atoms with Gasteiger partial charge in [0.05, 0.1) is 0 Å². The van der Waals surface area contributed by atoms with Crippen LogP contribution in [0.4, 0.5) is 0 Å². The van der Waals surface area contributed by atoms with Crippen LogP contribution >= 0.6 is 20.2 Å². The summed E-state index contributed by atoms with van der Waals surface area (Å²) >= 11 is 0.194. The van der Waals surface area contributed by atoms with Gasteiger partial charge >= 0.3 is 33.3 Å². The summed E-state index contributed by atoms with van der Waals surface area (Å²) in [5.74, 6) is 0. The SMILES string of the molecule is C1C[N-]CCN2CCC[N-]CCN(C1)CC2.[Cl][Fe][Cl]. The summed E-state index contributed by atoms with van der Waals surface area (Å²) in [5.41, 5.74) is 0. The van der Waals surface area contributed by atoms with Gasteiger partial charge in [-0.25, -0.2) is 0 Å². The van der Waals surface area contributed by atoms with E-state index in [1.807, 2.05) is 0 Å². The molecule has 2 rings (SSSR count). The van der Waals surface area contributed by atoms with Crippen LogP contribution in [0.1, 0.15) is 12.8 Å². The van der Waals surface area contributed by atoms with E-state index in [9.17, 15) is 0 Å². The van der Waals surface area contributed by atoms with Crippen molar-refractivity contribution in [2.45, 2.75) is 12.8 Å². The third-order valence-electron chi connectivity index (χ3n) is 3.46. The first-order chi connectivity index (χ1) is 9.36. The summed E-state index contributed by atoms with van der Waals surface area (Å²) in [6.07, 6.45) is 2.44. The van der Waals surface area contributed by atoms with Gasteiger partial charge in [-0.2, -0.15) is 0 Å². The summed E-state index contributed by atoms with van der Waals surface area (Å²) in [6, 6.07) is 0. The zero-order valence-electron chi connectivity index (χ0n) is 11.4. The second-order valence-corrected chi connectivity index (χ2v) is 6.61. The molecule has 2 heterocycles. The van der Waals surface area contributed by atoms with Crippen LogP contribution in [0, 0.1) is 0 Å². The van der Waals surface area contributed by atoms with E-state index < -0.39 is 0 Å². The number of hydrogen-bond acceptors (Lipinski definition) is 2. The molecule has 2 atom stereocenters. The molecule has 0 aromatic heterocycles. The number of hydrogen-bond donors (Lipinski definition) is 0. The molecule has 0 spiro atoms. The quantitative estimate of drug-likeness (QED) is 0.629. The van der Waals surface area contributed by atoms with Crippen molar-refractivity contribution in [3.63, 3.8) is 0 Å². The van der Waals surface area contributed by atoms with Gasteiger partial charge in [-0.1, -0.05) is 12.8 Å². The predicted octanol–water partition coefficient (Wildman–Crippen LogP) is 2.52. The molecule has 0 N–H and O–H groups in total. The second-order valence-electron chi connectivity index (χ2n) is 4.78. The molecule has 0 saturated carbocycles. The van der Waals surface area contributed by atoms with Crippen LogP contribution in [0.5, 0.6) is 0 Å². The Bertz CT molecular complexity index is 176. The van der Waals surface area contributed by atoms with Gasteiger partial charge in [-0.05, 0) is 26.2 Å². The van der Waals surface area contributed by atoms with Crippen molar-refractivity contribution >= 4 is 20.2 Å². The van der Waals surface area contributed by atoms with E-state index in [1.54, 1.807) is 0 Å². The van der Waals surface area contributed by atoms with E-state index in [0.717, 1.165) is 39.3 Å². The summed E-state index contributed by atoms with van der Waals surface area (Å²) in [5, 5.41) is 9.17. The normalized spacial score (nSPS) is 30.2. The first-order valence-electron chi connectivity index (χ1n) is 6.93. The first-order valence-corrected chi connectivity index (χ1v) is 9.97. The maximum atomic E-state index is 4.76. The number of nitrogens with zero attached hydrogens (tertiary/aromatic N) is 4. The van der Waals surface area contributed by atoms with Gasteiger partial charge < -0.3 is 20.4 Å². The first kappa shape index (κ1) is 18.0. The molecule has 0 aliphatic carbocycles. The fourth-order valence-corrected chi connectivity index (χ4v) is 2.41. The summed E-state index contributed by atoms with van der Waals surface area (Å²) < 4.78 is 0. The molecule has 2 bridgehead atoms. The number of halogens is 2. The molecule has 116 valence electrons. The van der Waals surface area contributed by atoms with Gasteiger partial charge in [0, 0.05) is 13.1 Å². The molecule has 2 aliphatic rings. The van der Waals surface area contributed by atoms with Crippen LogP contribution in [-0.4, -0.2) is 75.2 Å². The van der Waals surface area contributed by atoms with Crippen LogP contribution < -0.4 is 0 Å². The molecule has 2 aliphatic heterocycles. The van der Waals surface area contributed by atoms with Crippen LogP contribution in [0.3, 0.4) is 0 Å². The average molecular weight is 351 g/mol. The molecule has 4 nitrogen and oxygen atoms in total. The summed E-state index contributed by atoms with van der Waals surface area (Å²) in [4.78, 5) is 5.12. The van der Waals surface area contributed by atoms with E-state index in [0.29, 0.717) is 0 Å². The standard InChI is InChI=1S/C12H24N4.2ClH.Fe/c1-3-13-5-10-16-8-2-4-14-6-9-15(7-1)11-12-16;;;/h1-12H2;2*1H;/q-2;;;+2/p-2. The Hall–Kier alpha value is 0.939. The number of fused-ring (bicyclic) bond motifs is 3. The fraction of sp³-hybridized carbons (Fsp3) is 1.00. The van der Waals surface area contributed by atoms with E-state index in [1.165, 1.54) is 39.0 Å². The zero-order chi connectivity index (χ0) is 13.8. The minimum absolute atomic E-state index is 0.194. The molecule has 7 heteroatoms. The molecule has 0 amide bonds. The van der Waals surface area contributed by atoms with Crippen molar-refractivity contribution in [1.29, 1.82) is 0 Å². The van der Waals surface area contributed by atoms with Gasteiger partial charge in [-0.3, -0.25) is 0 Å². The van der Waals surface area contributed by atoms with Crippen molar-refractivity contribution in [3.8, 4) is 0 Å². The minimum atomic E-state index is 0.194. The molecule has 19 heavy (non-hydrogen) atoms. The van der Waals surface area contributed by atoms with Gasteiger partial charge in [0.25, 0.3) is 0 Å². The van der Waals surface area contributed by atoms with Crippen LogP contribution in [0.25, 0.3) is 10.6 Å². The molecule has 0 aromatic rings. The van der Waals surface area contributed by atoms with Crippen LogP contribution in [0.15, 0.2) is 0 Å². The zero-order valence-corrected chi connectivity index (χ0v) is 14.0. The van der Waals surface area contributed by atoms with Crippen molar-refractivity contribution in [2.75, 3.05) is 65.4 Å². The fourth-order valence-electron chi connectivity index (χ4n) is 2.41. The Morgan fingerprint density at radius 3 is 1.47 bits per heavy atom. The Morgan fingerprint density at radius 2 is 1.05 bits per heavy atom. The maximum absolute atomic E-state index is 4.76. The van der Waals surface area contributed by atoms with Crippen molar-refractivity contribution in [1.82, 2.24) is 9.80 Å². The van der Waals surface area contributed by atoms with Crippen molar-refractivity contribution in [2.24, 2.45) is 0 Å². The van der Waals surface area contributed by atoms with Crippen molar-refractivity contribution in [3.05, 3.63) is 10.6 Å². The van der Waals surface area contributed by atoms with E-state index in [4.69, 9.17) is 20.2 Å². The van der Waals surface area contributed by atoms with Gasteiger partial charge in [0.2, 0.25) is 0 Å². The second kappa shape index (κ2) is 12.7. The van der Waals surface area contributed by atoms with Gasteiger partial charge in [0.15, 0.2) is 0 Å². The Labute approximate surface area is 132 Å². The Balaban J connectivity index is 0.000000550. The third kappa shape index (κ3) is 9.48. The van der Waals surface area contributed by atoms with Crippen LogP contribution in [-0.2, 0) is 13.1 Å². The monoisotopic (exact) mass is 350 g/mol. The summed E-state index contributed by atoms with van der Waals surface area (Å²) in [6.45, 7) is 11.3. The molecule has 0 radical (unpaired) electrons. The molecule has 0 aromatic carbocycles. The van der Waals surface area contributed by atoms with Gasteiger partial charge in [0.1, 0.15) is 0 Å². The Morgan fingerprint density at radius 1 is 0.632 bits per heavy atom. The van der Waals surface area contributed by atoms with Crippen molar-refractivity contribution < 1.29 is 13.1 Å². The van der Waals surface area contributed by atoms with E-state index in [-0.39, 0.29) is 13.1 Å². The summed E-state index contributed by atoms with van der Waals surface area (Å²) in [7, 11) is 9.53. The topological polar surface area (TPSA) is 34.7 Å². The van der Waals surface area contributed by atoms with Gasteiger partial charge in [-0.15, -0.1) is 26.2 Å². The molecular formula is C12H24Cl2FeN4-2.